The number of hydrogen-bond donors (Lipinski definition) is 1. The van der Waals surface area contributed by atoms with Gasteiger partial charge in [-0.3, -0.25) is 0 Å². The molecular formula is C10H16N2. The molecule has 0 atom stereocenters. The summed E-state index contributed by atoms with van der Waals surface area (Å²) in [5, 5.41) is 2.92. The van der Waals surface area contributed by atoms with E-state index in [1.165, 1.54) is 5.57 Å². The molecule has 0 aliphatic carbocycles. The first-order valence-corrected chi connectivity index (χ1v) is 3.87. The van der Waals surface area contributed by atoms with E-state index >= 15 is 0 Å². The van der Waals surface area contributed by atoms with Crippen molar-refractivity contribution in [1.29, 1.82) is 0 Å². The van der Waals surface area contributed by atoms with Crippen LogP contribution in [0.5, 0.6) is 0 Å². The first kappa shape index (κ1) is 10.7. The molecule has 0 aromatic heterocycles. The first-order chi connectivity index (χ1) is 5.66. The van der Waals surface area contributed by atoms with Crippen molar-refractivity contribution in [3.8, 4) is 0 Å². The van der Waals surface area contributed by atoms with Crippen molar-refractivity contribution in [3.63, 3.8) is 0 Å². The van der Waals surface area contributed by atoms with E-state index < -0.39 is 0 Å². The molecule has 0 aromatic rings. The Kier molecular flexibility index (Phi) is 5.70. The zero-order valence-corrected chi connectivity index (χ0v) is 7.96. The summed E-state index contributed by atoms with van der Waals surface area (Å²) in [6, 6.07) is 0. The number of hydrogen-bond acceptors (Lipinski definition) is 1. The molecular weight excluding hydrogens is 148 g/mol. The third kappa shape index (κ3) is 6.81. The van der Waals surface area contributed by atoms with Gasteiger partial charge in [0.15, 0.2) is 0 Å². The molecule has 0 saturated heterocycles. The average molecular weight is 164 g/mol. The lowest BCUT2D eigenvalue weighted by atomic mass is 10.3. The zero-order chi connectivity index (χ0) is 9.40. The molecule has 0 bridgehead atoms. The molecule has 0 spiro atoms. The number of nitrogens with one attached hydrogen (secondary N) is 1. The highest BCUT2D eigenvalue weighted by atomic mass is 14.9. The molecule has 0 rings (SSSR count). The summed E-state index contributed by atoms with van der Waals surface area (Å²) in [6.45, 7) is 9.59. The molecule has 2 heteroatoms. The van der Waals surface area contributed by atoms with Crippen molar-refractivity contribution in [1.82, 2.24) is 5.32 Å². The maximum atomic E-state index is 4.00. The lowest BCUT2D eigenvalue weighted by Crippen LogP contribution is -2.00. The fourth-order valence-electron chi connectivity index (χ4n) is 0.457. The van der Waals surface area contributed by atoms with Crippen LogP contribution in [-0.4, -0.2) is 6.34 Å². The molecule has 0 aromatic carbocycles. The molecule has 0 saturated carbocycles. The van der Waals surface area contributed by atoms with E-state index in [0.29, 0.717) is 0 Å². The van der Waals surface area contributed by atoms with Gasteiger partial charge in [0.1, 0.15) is 0 Å². The van der Waals surface area contributed by atoms with Gasteiger partial charge in [-0.15, -0.1) is 0 Å². The summed E-state index contributed by atoms with van der Waals surface area (Å²) < 4.78 is 0. The smallest absolute Gasteiger partial charge is 0.0918 e. The molecule has 0 amide bonds. The van der Waals surface area contributed by atoms with Crippen LogP contribution in [0.15, 0.2) is 41.2 Å². The fourth-order valence-corrected chi connectivity index (χ4v) is 0.457. The van der Waals surface area contributed by atoms with Gasteiger partial charge in [-0.25, -0.2) is 4.99 Å². The van der Waals surface area contributed by atoms with Gasteiger partial charge in [0.05, 0.1) is 6.34 Å². The van der Waals surface area contributed by atoms with Crippen LogP contribution in [0.25, 0.3) is 0 Å². The van der Waals surface area contributed by atoms with Gasteiger partial charge < -0.3 is 5.32 Å². The summed E-state index contributed by atoms with van der Waals surface area (Å²) in [4.78, 5) is 4.00. The SMILES string of the molecule is C=CC(C)=CNC=NC=C(C)C. The van der Waals surface area contributed by atoms with Gasteiger partial charge in [-0.1, -0.05) is 18.2 Å². The van der Waals surface area contributed by atoms with Gasteiger partial charge in [-0.05, 0) is 26.3 Å². The summed E-state index contributed by atoms with van der Waals surface area (Å²) in [6.07, 6.45) is 7.06. The van der Waals surface area contributed by atoms with Crippen LogP contribution < -0.4 is 5.32 Å². The second-order valence-electron chi connectivity index (χ2n) is 2.74. The quantitative estimate of drug-likeness (QED) is 0.385. The Labute approximate surface area is 74.4 Å². The Morgan fingerprint density at radius 2 is 2.00 bits per heavy atom. The molecule has 0 aliphatic rings. The largest absolute Gasteiger partial charge is 0.352 e. The second kappa shape index (κ2) is 6.40. The van der Waals surface area contributed by atoms with Crippen LogP contribution in [0.4, 0.5) is 0 Å². The van der Waals surface area contributed by atoms with Crippen LogP contribution in [0, 0.1) is 0 Å². The van der Waals surface area contributed by atoms with Crippen LogP contribution >= 0.6 is 0 Å². The van der Waals surface area contributed by atoms with Crippen molar-refractivity contribution in [2.45, 2.75) is 20.8 Å². The molecule has 0 unspecified atom stereocenters. The lowest BCUT2D eigenvalue weighted by Gasteiger charge is -1.90. The number of allylic oxidation sites excluding steroid dienone is 3. The standard InChI is InChI=1S/C10H16N2/c1-5-10(4)7-12-8-11-6-9(2)3/h5-8H,1H2,2-4H3,(H,11,12). The zero-order valence-electron chi connectivity index (χ0n) is 7.96. The van der Waals surface area contributed by atoms with Crippen LogP contribution in [-0.2, 0) is 0 Å². The number of nitrogens with zero attached hydrogens (tertiary/aromatic N) is 1. The summed E-state index contributed by atoms with van der Waals surface area (Å²) in [5.74, 6) is 0. The highest BCUT2D eigenvalue weighted by Gasteiger charge is 1.75. The Hall–Kier alpha value is -1.31. The van der Waals surface area contributed by atoms with E-state index in [1.54, 1.807) is 18.6 Å². The maximum absolute atomic E-state index is 4.00. The minimum atomic E-state index is 1.08. The lowest BCUT2D eigenvalue weighted by molar-refractivity contribution is 1.25. The van der Waals surface area contributed by atoms with E-state index in [4.69, 9.17) is 0 Å². The molecule has 2 nitrogen and oxygen atoms in total. The van der Waals surface area contributed by atoms with Crippen molar-refractivity contribution in [2.24, 2.45) is 4.99 Å². The normalized spacial score (nSPS) is 11.4. The van der Waals surface area contributed by atoms with E-state index in [2.05, 4.69) is 16.9 Å². The second-order valence-corrected chi connectivity index (χ2v) is 2.74. The third-order valence-corrected chi connectivity index (χ3v) is 1.11. The number of rotatable bonds is 4. The van der Waals surface area contributed by atoms with Crippen molar-refractivity contribution in [3.05, 3.63) is 36.2 Å². The highest BCUT2D eigenvalue weighted by Crippen LogP contribution is 1.88. The average Bonchev–Trinajstić information content (AvgIpc) is 2.03. The monoisotopic (exact) mass is 164 g/mol. The summed E-state index contributed by atoms with van der Waals surface area (Å²) in [7, 11) is 0. The summed E-state index contributed by atoms with van der Waals surface area (Å²) >= 11 is 0. The minimum Gasteiger partial charge on any atom is -0.352 e. The first-order valence-electron chi connectivity index (χ1n) is 3.87. The Bertz CT molecular complexity index is 218. The van der Waals surface area contributed by atoms with Crippen LogP contribution in [0.3, 0.4) is 0 Å². The highest BCUT2D eigenvalue weighted by molar-refractivity contribution is 5.57. The van der Waals surface area contributed by atoms with E-state index in [-0.39, 0.29) is 0 Å². The van der Waals surface area contributed by atoms with E-state index in [1.807, 2.05) is 27.0 Å². The van der Waals surface area contributed by atoms with Crippen molar-refractivity contribution < 1.29 is 0 Å². The predicted octanol–water partition coefficient (Wildman–Crippen LogP) is 2.62. The van der Waals surface area contributed by atoms with Crippen molar-refractivity contribution in [2.75, 3.05) is 0 Å². The molecule has 66 valence electrons. The molecule has 0 fully saturated rings. The molecule has 0 aliphatic heterocycles. The van der Waals surface area contributed by atoms with Gasteiger partial charge in [-0.2, -0.15) is 0 Å². The Morgan fingerprint density at radius 3 is 2.50 bits per heavy atom. The fraction of sp³-hybridized carbons (Fsp3) is 0.300. The molecule has 0 heterocycles. The topological polar surface area (TPSA) is 24.4 Å². The van der Waals surface area contributed by atoms with Crippen molar-refractivity contribution >= 4 is 6.34 Å². The van der Waals surface area contributed by atoms with E-state index in [0.717, 1.165) is 5.57 Å². The Morgan fingerprint density at radius 1 is 1.33 bits per heavy atom. The van der Waals surface area contributed by atoms with E-state index in [9.17, 15) is 0 Å². The van der Waals surface area contributed by atoms with Gasteiger partial charge in [0.2, 0.25) is 0 Å². The molecule has 12 heavy (non-hydrogen) atoms. The number of aliphatic imine (C=N–C) groups is 1. The minimum absolute atomic E-state index is 1.08. The van der Waals surface area contributed by atoms with Crippen LogP contribution in [0.1, 0.15) is 20.8 Å². The van der Waals surface area contributed by atoms with Gasteiger partial charge in [0, 0.05) is 12.4 Å². The molecule has 0 radical (unpaired) electrons. The third-order valence-electron chi connectivity index (χ3n) is 1.11. The maximum Gasteiger partial charge on any atom is 0.0918 e. The van der Waals surface area contributed by atoms with Gasteiger partial charge in [0.25, 0.3) is 0 Å². The predicted molar refractivity (Wildman–Crippen MR) is 55.0 cm³/mol. The Balaban J connectivity index is 3.77. The summed E-state index contributed by atoms with van der Waals surface area (Å²) in [5.41, 5.74) is 2.26. The van der Waals surface area contributed by atoms with Gasteiger partial charge >= 0.3 is 0 Å². The van der Waals surface area contributed by atoms with Crippen LogP contribution in [0.2, 0.25) is 0 Å². The molecule has 1 N–H and O–H groups in total.